The molecule has 0 aliphatic carbocycles. The number of hydrogen-bond acceptors (Lipinski definition) is 3. The third-order valence-corrected chi connectivity index (χ3v) is 4.13. The molecule has 0 radical (unpaired) electrons. The van der Waals surface area contributed by atoms with E-state index in [1.54, 1.807) is 0 Å². The van der Waals surface area contributed by atoms with Crippen molar-refractivity contribution in [2.45, 2.75) is 19.1 Å². The summed E-state index contributed by atoms with van der Waals surface area (Å²) in [7, 11) is -3.82. The van der Waals surface area contributed by atoms with Crippen LogP contribution in [-0.4, -0.2) is 26.8 Å². The van der Waals surface area contributed by atoms with Gasteiger partial charge in [0.15, 0.2) is 0 Å². The number of nitrogens with one attached hydrogen (secondary N) is 2. The Labute approximate surface area is 105 Å². The molecule has 0 spiro atoms. The number of para-hydroxylation sites is 1. The molecule has 2 N–H and O–H groups in total. The first-order valence-electron chi connectivity index (χ1n) is 5.54. The summed E-state index contributed by atoms with van der Waals surface area (Å²) >= 11 is 0. The van der Waals surface area contributed by atoms with Gasteiger partial charge in [-0.15, -0.1) is 0 Å². The van der Waals surface area contributed by atoms with Crippen molar-refractivity contribution in [3.63, 3.8) is 0 Å². The Kier molecular flexibility index (Phi) is 5.03. The van der Waals surface area contributed by atoms with Gasteiger partial charge < -0.3 is 5.32 Å². The predicted molar refractivity (Wildman–Crippen MR) is 66.9 cm³/mol. The molecule has 18 heavy (non-hydrogen) atoms. The monoisotopic (exact) mass is 278 g/mol. The SMILES string of the molecule is CCNCC(C)S(=O)(=O)Nc1c(F)cccc1F. The van der Waals surface area contributed by atoms with Gasteiger partial charge in [0, 0.05) is 6.54 Å². The van der Waals surface area contributed by atoms with Crippen LogP contribution in [0, 0.1) is 11.6 Å². The van der Waals surface area contributed by atoms with Crippen LogP contribution >= 0.6 is 0 Å². The van der Waals surface area contributed by atoms with Gasteiger partial charge in [-0.2, -0.15) is 0 Å². The highest BCUT2D eigenvalue weighted by Gasteiger charge is 2.23. The summed E-state index contributed by atoms with van der Waals surface area (Å²) < 4.78 is 52.2. The topological polar surface area (TPSA) is 58.2 Å². The van der Waals surface area contributed by atoms with Crippen LogP contribution in [-0.2, 0) is 10.0 Å². The van der Waals surface area contributed by atoms with E-state index in [1.807, 2.05) is 11.6 Å². The molecule has 0 heterocycles. The van der Waals surface area contributed by atoms with Crippen LogP contribution in [0.2, 0.25) is 0 Å². The Balaban J connectivity index is 2.89. The molecule has 0 aromatic heterocycles. The van der Waals surface area contributed by atoms with E-state index in [9.17, 15) is 17.2 Å². The highest BCUT2D eigenvalue weighted by atomic mass is 32.2. The van der Waals surface area contributed by atoms with E-state index in [4.69, 9.17) is 0 Å². The quantitative estimate of drug-likeness (QED) is 0.832. The lowest BCUT2D eigenvalue weighted by Crippen LogP contribution is -2.35. The molecule has 1 aromatic carbocycles. The fraction of sp³-hybridized carbons (Fsp3) is 0.455. The van der Waals surface area contributed by atoms with Gasteiger partial charge in [-0.25, -0.2) is 17.2 Å². The average Bonchev–Trinajstić information content (AvgIpc) is 2.31. The van der Waals surface area contributed by atoms with Gasteiger partial charge in [0.05, 0.1) is 5.25 Å². The molecule has 0 fully saturated rings. The molecule has 0 aliphatic heterocycles. The predicted octanol–water partition coefficient (Wildman–Crippen LogP) is 1.70. The number of anilines is 1. The van der Waals surface area contributed by atoms with Crippen LogP contribution in [0.5, 0.6) is 0 Å². The van der Waals surface area contributed by atoms with E-state index in [0.717, 1.165) is 12.1 Å². The van der Waals surface area contributed by atoms with Crippen molar-refractivity contribution in [2.24, 2.45) is 0 Å². The van der Waals surface area contributed by atoms with Gasteiger partial charge in [-0.3, -0.25) is 4.72 Å². The first-order valence-corrected chi connectivity index (χ1v) is 7.09. The van der Waals surface area contributed by atoms with E-state index in [-0.39, 0.29) is 6.54 Å². The minimum absolute atomic E-state index is 0.210. The zero-order valence-corrected chi connectivity index (χ0v) is 11.0. The Morgan fingerprint density at radius 2 is 1.83 bits per heavy atom. The largest absolute Gasteiger partial charge is 0.316 e. The fourth-order valence-corrected chi connectivity index (χ4v) is 2.31. The molecular formula is C11H16F2N2O2S. The third-order valence-electron chi connectivity index (χ3n) is 2.42. The average molecular weight is 278 g/mol. The summed E-state index contributed by atoms with van der Waals surface area (Å²) in [5, 5.41) is 2.07. The van der Waals surface area contributed by atoms with Crippen LogP contribution in [0.3, 0.4) is 0 Å². The number of hydrogen-bond donors (Lipinski definition) is 2. The van der Waals surface area contributed by atoms with Crippen LogP contribution in [0.15, 0.2) is 18.2 Å². The number of benzene rings is 1. The summed E-state index contributed by atoms with van der Waals surface area (Å²) in [5.41, 5.74) is -0.638. The van der Waals surface area contributed by atoms with Crippen LogP contribution in [0.25, 0.3) is 0 Å². The lowest BCUT2D eigenvalue weighted by molar-refractivity contribution is 0.571. The molecule has 0 saturated carbocycles. The van der Waals surface area contributed by atoms with Gasteiger partial charge in [0.1, 0.15) is 17.3 Å². The summed E-state index contributed by atoms with van der Waals surface area (Å²) in [5.74, 6) is -1.87. The summed E-state index contributed by atoms with van der Waals surface area (Å²) in [6, 6.07) is 3.16. The van der Waals surface area contributed by atoms with Gasteiger partial charge in [-0.1, -0.05) is 13.0 Å². The standard InChI is InChI=1S/C11H16F2N2O2S/c1-3-14-7-8(2)18(16,17)15-11-9(12)5-4-6-10(11)13/h4-6,8,14-15H,3,7H2,1-2H3. The van der Waals surface area contributed by atoms with Crippen molar-refractivity contribution >= 4 is 15.7 Å². The van der Waals surface area contributed by atoms with Crippen LogP contribution in [0.4, 0.5) is 14.5 Å². The Hall–Kier alpha value is -1.21. The number of sulfonamides is 1. The van der Waals surface area contributed by atoms with E-state index >= 15 is 0 Å². The lowest BCUT2D eigenvalue weighted by atomic mass is 10.3. The van der Waals surface area contributed by atoms with Gasteiger partial charge in [0.2, 0.25) is 10.0 Å². The van der Waals surface area contributed by atoms with E-state index in [0.29, 0.717) is 6.54 Å². The highest BCUT2D eigenvalue weighted by Crippen LogP contribution is 2.20. The van der Waals surface area contributed by atoms with Crippen LogP contribution < -0.4 is 10.0 Å². The zero-order chi connectivity index (χ0) is 13.8. The molecule has 4 nitrogen and oxygen atoms in total. The molecule has 1 rings (SSSR count). The lowest BCUT2D eigenvalue weighted by Gasteiger charge is -2.15. The molecule has 0 aliphatic rings. The smallest absolute Gasteiger partial charge is 0.236 e. The molecule has 0 bridgehead atoms. The molecule has 0 amide bonds. The molecule has 102 valence electrons. The van der Waals surface area contributed by atoms with Crippen molar-refractivity contribution in [3.05, 3.63) is 29.8 Å². The number of halogens is 2. The minimum atomic E-state index is -3.82. The van der Waals surface area contributed by atoms with E-state index in [1.165, 1.54) is 13.0 Å². The molecule has 1 atom stereocenters. The Morgan fingerprint density at radius 3 is 2.33 bits per heavy atom. The van der Waals surface area contributed by atoms with Crippen molar-refractivity contribution in [1.82, 2.24) is 5.32 Å². The molecule has 0 saturated heterocycles. The second-order valence-corrected chi connectivity index (χ2v) is 5.96. The Morgan fingerprint density at radius 1 is 1.28 bits per heavy atom. The third kappa shape index (κ3) is 3.64. The van der Waals surface area contributed by atoms with Crippen molar-refractivity contribution in [2.75, 3.05) is 17.8 Å². The molecule has 1 unspecified atom stereocenters. The summed E-state index contributed by atoms with van der Waals surface area (Å²) in [6.07, 6.45) is 0. The first kappa shape index (κ1) is 14.8. The fourth-order valence-electron chi connectivity index (χ4n) is 1.30. The molecule has 1 aromatic rings. The van der Waals surface area contributed by atoms with E-state index in [2.05, 4.69) is 5.32 Å². The van der Waals surface area contributed by atoms with Gasteiger partial charge in [0.25, 0.3) is 0 Å². The van der Waals surface area contributed by atoms with Gasteiger partial charge in [-0.05, 0) is 25.6 Å². The van der Waals surface area contributed by atoms with Crippen LogP contribution in [0.1, 0.15) is 13.8 Å². The van der Waals surface area contributed by atoms with Crippen molar-refractivity contribution in [3.8, 4) is 0 Å². The molecular weight excluding hydrogens is 262 g/mol. The summed E-state index contributed by atoms with van der Waals surface area (Å²) in [6.45, 7) is 4.13. The van der Waals surface area contributed by atoms with E-state index < -0.39 is 32.6 Å². The van der Waals surface area contributed by atoms with Crippen molar-refractivity contribution < 1.29 is 17.2 Å². The highest BCUT2D eigenvalue weighted by molar-refractivity contribution is 7.93. The summed E-state index contributed by atoms with van der Waals surface area (Å²) in [4.78, 5) is 0. The zero-order valence-electron chi connectivity index (χ0n) is 10.2. The second kappa shape index (κ2) is 6.10. The van der Waals surface area contributed by atoms with Gasteiger partial charge >= 0.3 is 0 Å². The van der Waals surface area contributed by atoms with Crippen molar-refractivity contribution in [1.29, 1.82) is 0 Å². The minimum Gasteiger partial charge on any atom is -0.316 e. The second-order valence-electron chi connectivity index (χ2n) is 3.86. The Bertz CT molecular complexity index is 486. The maximum absolute atomic E-state index is 13.3. The first-order chi connectivity index (χ1) is 8.38. The maximum atomic E-state index is 13.3. The maximum Gasteiger partial charge on any atom is 0.236 e. The molecule has 7 heteroatoms. The number of rotatable bonds is 6. The normalized spacial score (nSPS) is 13.3.